The molecule has 0 aliphatic heterocycles. The highest BCUT2D eigenvalue weighted by Crippen LogP contribution is 2.36. The van der Waals surface area contributed by atoms with Gasteiger partial charge in [0.1, 0.15) is 18.1 Å². The average molecular weight is 478 g/mol. The summed E-state index contributed by atoms with van der Waals surface area (Å²) in [5, 5.41) is 13.6. The first-order valence-electron chi connectivity index (χ1n) is 11.0. The zero-order valence-electron chi connectivity index (χ0n) is 19.3. The number of allylic oxidation sites excluding steroid dienone is 1. The van der Waals surface area contributed by atoms with Gasteiger partial charge in [-0.15, -0.1) is 0 Å². The third-order valence-corrected chi connectivity index (χ3v) is 5.29. The maximum absolute atomic E-state index is 9.85. The van der Waals surface area contributed by atoms with E-state index in [2.05, 4.69) is 16.4 Å². The van der Waals surface area contributed by atoms with Crippen LogP contribution in [0.4, 0.5) is 17.1 Å². The van der Waals surface area contributed by atoms with Crippen LogP contribution in [0.15, 0.2) is 60.3 Å². The molecule has 1 heterocycles. The number of ether oxygens (including phenoxy) is 2. The van der Waals surface area contributed by atoms with Gasteiger partial charge in [0.25, 0.3) is 0 Å². The Kier molecular flexibility index (Phi) is 8.60. The number of benzene rings is 2. The van der Waals surface area contributed by atoms with Crippen molar-refractivity contribution in [2.24, 2.45) is 0 Å². The van der Waals surface area contributed by atoms with Gasteiger partial charge in [-0.05, 0) is 49.7 Å². The van der Waals surface area contributed by atoms with Gasteiger partial charge in [0.15, 0.2) is 0 Å². The van der Waals surface area contributed by atoms with Gasteiger partial charge in [-0.2, -0.15) is 5.26 Å². The Bertz CT molecular complexity index is 1210. The molecule has 0 spiro atoms. The highest BCUT2D eigenvalue weighted by molar-refractivity contribution is 6.32. The summed E-state index contributed by atoms with van der Waals surface area (Å²) in [7, 11) is 0. The molecule has 3 rings (SSSR count). The molecular formula is C26H28ClN5O2. The molecular weight excluding hydrogens is 450 g/mol. The lowest BCUT2D eigenvalue weighted by Crippen LogP contribution is -2.08. The van der Waals surface area contributed by atoms with Crippen LogP contribution in [-0.2, 0) is 6.61 Å². The van der Waals surface area contributed by atoms with E-state index in [9.17, 15) is 5.26 Å². The van der Waals surface area contributed by atoms with Gasteiger partial charge in [0.2, 0.25) is 0 Å². The molecule has 0 radical (unpaired) electrons. The summed E-state index contributed by atoms with van der Waals surface area (Å²) in [4.78, 5) is 4.25. The summed E-state index contributed by atoms with van der Waals surface area (Å²) >= 11 is 6.48. The molecule has 0 atom stereocenters. The molecule has 8 heteroatoms. The zero-order chi connectivity index (χ0) is 24.5. The lowest BCUT2D eigenvalue weighted by molar-refractivity contribution is 0.301. The fourth-order valence-corrected chi connectivity index (χ4v) is 3.61. The number of rotatable bonds is 10. The number of anilines is 3. The molecule has 0 bridgehead atoms. The second-order valence-electron chi connectivity index (χ2n) is 7.51. The standard InChI is InChI=1S/C26H28ClN5O2/c1-3-7-17(15-28)26(20-13-23(30)25(33-4-2)14-22(20)29)32-18-9-10-24(21(27)12-18)34-16-19-8-5-6-11-31-19/h5-6,8-14,32H,3-4,7,16,29-30H2,1-2H3/b26-17-. The summed E-state index contributed by atoms with van der Waals surface area (Å²) in [6.07, 6.45) is 3.08. The van der Waals surface area contributed by atoms with Crippen LogP contribution in [0, 0.1) is 11.3 Å². The van der Waals surface area contributed by atoms with Gasteiger partial charge in [0, 0.05) is 29.2 Å². The van der Waals surface area contributed by atoms with Crippen molar-refractivity contribution in [2.75, 3.05) is 23.4 Å². The molecule has 0 fully saturated rings. The number of nitrogen functional groups attached to an aromatic ring is 2. The van der Waals surface area contributed by atoms with E-state index in [1.54, 1.807) is 30.5 Å². The lowest BCUT2D eigenvalue weighted by atomic mass is 10.0. The van der Waals surface area contributed by atoms with Crippen LogP contribution in [0.1, 0.15) is 37.9 Å². The Labute approximate surface area is 205 Å². The lowest BCUT2D eigenvalue weighted by Gasteiger charge is -2.19. The van der Waals surface area contributed by atoms with Crippen LogP contribution in [0.3, 0.4) is 0 Å². The number of nitrogens with one attached hydrogen (secondary N) is 1. The molecule has 2 aromatic carbocycles. The topological polar surface area (TPSA) is 119 Å². The molecule has 0 amide bonds. The van der Waals surface area contributed by atoms with Gasteiger partial charge >= 0.3 is 0 Å². The molecule has 34 heavy (non-hydrogen) atoms. The van der Waals surface area contributed by atoms with Crippen LogP contribution in [-0.4, -0.2) is 11.6 Å². The molecule has 7 nitrogen and oxygen atoms in total. The van der Waals surface area contributed by atoms with E-state index in [1.807, 2.05) is 38.1 Å². The monoisotopic (exact) mass is 477 g/mol. The molecule has 0 saturated carbocycles. The predicted octanol–water partition coefficient (Wildman–Crippen LogP) is 6.02. The van der Waals surface area contributed by atoms with Crippen molar-refractivity contribution in [3.8, 4) is 17.6 Å². The number of nitrogens with zero attached hydrogens (tertiary/aromatic N) is 2. The van der Waals surface area contributed by atoms with Crippen molar-refractivity contribution >= 4 is 34.4 Å². The second kappa shape index (κ2) is 11.8. The summed E-state index contributed by atoms with van der Waals surface area (Å²) in [5.74, 6) is 1.04. The number of halogens is 1. The van der Waals surface area contributed by atoms with Crippen molar-refractivity contribution in [3.63, 3.8) is 0 Å². The molecule has 0 saturated heterocycles. The van der Waals surface area contributed by atoms with Gasteiger partial charge < -0.3 is 26.3 Å². The highest BCUT2D eigenvalue weighted by Gasteiger charge is 2.16. The number of nitrogens with two attached hydrogens (primary N) is 2. The van der Waals surface area contributed by atoms with E-state index in [-0.39, 0.29) is 0 Å². The molecule has 1 aromatic heterocycles. The number of aromatic nitrogens is 1. The zero-order valence-corrected chi connectivity index (χ0v) is 20.0. The van der Waals surface area contributed by atoms with Gasteiger partial charge in [-0.1, -0.05) is 31.0 Å². The quantitative estimate of drug-likeness (QED) is 0.241. The smallest absolute Gasteiger partial charge is 0.144 e. The Morgan fingerprint density at radius 3 is 2.53 bits per heavy atom. The van der Waals surface area contributed by atoms with Crippen molar-refractivity contribution in [3.05, 3.63) is 76.6 Å². The van der Waals surface area contributed by atoms with Crippen molar-refractivity contribution in [2.45, 2.75) is 33.3 Å². The summed E-state index contributed by atoms with van der Waals surface area (Å²) < 4.78 is 11.4. The number of nitriles is 1. The minimum absolute atomic E-state index is 0.301. The van der Waals surface area contributed by atoms with E-state index in [1.165, 1.54) is 0 Å². The second-order valence-corrected chi connectivity index (χ2v) is 7.91. The van der Waals surface area contributed by atoms with Crippen molar-refractivity contribution in [1.82, 2.24) is 4.98 Å². The maximum Gasteiger partial charge on any atom is 0.144 e. The fourth-order valence-electron chi connectivity index (χ4n) is 3.38. The Balaban J connectivity index is 1.91. The Hall–Kier alpha value is -3.89. The van der Waals surface area contributed by atoms with Crippen molar-refractivity contribution in [1.29, 1.82) is 5.26 Å². The van der Waals surface area contributed by atoms with Crippen LogP contribution in [0.25, 0.3) is 5.70 Å². The SMILES string of the molecule is CCC/C(C#N)=C(/Nc1ccc(OCc2ccccn2)c(Cl)c1)c1cc(N)c(OCC)cc1N. The van der Waals surface area contributed by atoms with Crippen LogP contribution in [0.5, 0.6) is 11.5 Å². The Morgan fingerprint density at radius 2 is 1.88 bits per heavy atom. The fraction of sp³-hybridized carbons (Fsp3) is 0.231. The minimum Gasteiger partial charge on any atom is -0.492 e. The van der Waals surface area contributed by atoms with E-state index in [0.29, 0.717) is 70.1 Å². The molecule has 0 aliphatic rings. The first kappa shape index (κ1) is 24.7. The first-order chi connectivity index (χ1) is 16.5. The number of pyridine rings is 1. The number of hydrogen-bond acceptors (Lipinski definition) is 7. The van der Waals surface area contributed by atoms with E-state index >= 15 is 0 Å². The van der Waals surface area contributed by atoms with Crippen LogP contribution >= 0.6 is 11.6 Å². The summed E-state index contributed by atoms with van der Waals surface area (Å²) in [6.45, 7) is 4.65. The van der Waals surface area contributed by atoms with E-state index < -0.39 is 0 Å². The molecule has 3 aromatic rings. The molecule has 5 N–H and O–H groups in total. The van der Waals surface area contributed by atoms with E-state index in [4.69, 9.17) is 32.5 Å². The molecule has 176 valence electrons. The van der Waals surface area contributed by atoms with Crippen molar-refractivity contribution < 1.29 is 9.47 Å². The molecule has 0 aliphatic carbocycles. The third kappa shape index (κ3) is 6.12. The highest BCUT2D eigenvalue weighted by atomic mass is 35.5. The van der Waals surface area contributed by atoms with Crippen LogP contribution < -0.4 is 26.3 Å². The van der Waals surface area contributed by atoms with E-state index in [0.717, 1.165) is 12.1 Å². The maximum atomic E-state index is 9.85. The molecule has 0 unspecified atom stereocenters. The summed E-state index contributed by atoms with van der Waals surface area (Å²) in [6, 6.07) is 16.7. The predicted molar refractivity (Wildman–Crippen MR) is 138 cm³/mol. The van der Waals surface area contributed by atoms with Gasteiger partial charge in [0.05, 0.1) is 40.4 Å². The minimum atomic E-state index is 0.301. The van der Waals surface area contributed by atoms with Crippen LogP contribution in [0.2, 0.25) is 5.02 Å². The average Bonchev–Trinajstić information content (AvgIpc) is 2.84. The van der Waals surface area contributed by atoms with Gasteiger partial charge in [-0.3, -0.25) is 4.98 Å². The Morgan fingerprint density at radius 1 is 1.06 bits per heavy atom. The normalized spacial score (nSPS) is 11.4. The first-order valence-corrected chi connectivity index (χ1v) is 11.4. The summed E-state index contributed by atoms with van der Waals surface area (Å²) in [5.41, 5.74) is 16.7. The van der Waals surface area contributed by atoms with Gasteiger partial charge in [-0.25, -0.2) is 0 Å². The largest absolute Gasteiger partial charge is 0.492 e. The third-order valence-electron chi connectivity index (χ3n) is 4.99. The number of hydrogen-bond donors (Lipinski definition) is 3.